The Labute approximate surface area is 178 Å². The second kappa shape index (κ2) is 8.98. The van der Waals surface area contributed by atoms with E-state index >= 15 is 0 Å². The summed E-state index contributed by atoms with van der Waals surface area (Å²) >= 11 is 10.5. The molecule has 2 nitrogen and oxygen atoms in total. The molecule has 3 rings (SSSR count). The molecule has 0 fully saturated rings. The molecule has 132 valence electrons. The molecule has 0 bridgehead atoms. The van der Waals surface area contributed by atoms with E-state index < -0.39 is 0 Å². The fourth-order valence-electron chi connectivity index (χ4n) is 2.31. The number of aryl methyl sites for hydroxylation is 1. The standard InChI is InChI=1S/C21H16Br3NO/c1-14-10-18(6-9-20(14)23)25-12-15-2-7-19(8-3-15)26-13-16-4-5-17(22)11-21(16)24/h2-12H,13H2,1H3. The molecule has 0 spiro atoms. The van der Waals surface area contributed by atoms with E-state index in [0.29, 0.717) is 6.61 Å². The van der Waals surface area contributed by atoms with Gasteiger partial charge in [0, 0.05) is 25.2 Å². The lowest BCUT2D eigenvalue weighted by molar-refractivity contribution is 0.305. The third-order valence-corrected chi connectivity index (χ3v) is 5.91. The monoisotopic (exact) mass is 535 g/mol. The lowest BCUT2D eigenvalue weighted by Crippen LogP contribution is -1.96. The average molecular weight is 538 g/mol. The highest BCUT2D eigenvalue weighted by atomic mass is 79.9. The zero-order chi connectivity index (χ0) is 18.5. The van der Waals surface area contributed by atoms with Crippen LogP contribution in [-0.4, -0.2) is 6.21 Å². The van der Waals surface area contributed by atoms with E-state index in [4.69, 9.17) is 4.74 Å². The fourth-order valence-corrected chi connectivity index (χ4v) is 3.72. The van der Waals surface area contributed by atoms with Gasteiger partial charge in [0.2, 0.25) is 0 Å². The summed E-state index contributed by atoms with van der Waals surface area (Å²) in [5.74, 6) is 0.830. The predicted molar refractivity (Wildman–Crippen MR) is 119 cm³/mol. The number of halogens is 3. The minimum atomic E-state index is 0.513. The molecule has 5 heteroatoms. The molecule has 0 amide bonds. The normalized spacial score (nSPS) is 11.1. The first-order chi connectivity index (χ1) is 12.5. The Morgan fingerprint density at radius 2 is 1.65 bits per heavy atom. The number of hydrogen-bond donors (Lipinski definition) is 0. The van der Waals surface area contributed by atoms with Gasteiger partial charge >= 0.3 is 0 Å². The fraction of sp³-hybridized carbons (Fsp3) is 0.0952. The van der Waals surface area contributed by atoms with Crippen molar-refractivity contribution in [3.05, 3.63) is 90.8 Å². The number of benzene rings is 3. The largest absolute Gasteiger partial charge is 0.489 e. The molecule has 0 aromatic heterocycles. The molecule has 0 heterocycles. The lowest BCUT2D eigenvalue weighted by Gasteiger charge is -2.08. The van der Waals surface area contributed by atoms with Gasteiger partial charge in [-0.2, -0.15) is 0 Å². The SMILES string of the molecule is Cc1cc(N=Cc2ccc(OCc3ccc(Br)cc3Br)cc2)ccc1Br. The van der Waals surface area contributed by atoms with Crippen molar-refractivity contribution in [1.29, 1.82) is 0 Å². The molecule has 0 radical (unpaired) electrons. The van der Waals surface area contributed by atoms with Crippen LogP contribution in [-0.2, 0) is 6.61 Å². The molecule has 3 aromatic carbocycles. The van der Waals surface area contributed by atoms with Crippen molar-refractivity contribution < 1.29 is 4.74 Å². The second-order valence-corrected chi connectivity index (χ2v) is 8.41. The molecule has 0 atom stereocenters. The van der Waals surface area contributed by atoms with Crippen LogP contribution in [0.3, 0.4) is 0 Å². The minimum Gasteiger partial charge on any atom is -0.489 e. The molecule has 0 aliphatic carbocycles. The highest BCUT2D eigenvalue weighted by Gasteiger charge is 2.02. The molecule has 0 saturated carbocycles. The topological polar surface area (TPSA) is 21.6 Å². The minimum absolute atomic E-state index is 0.513. The van der Waals surface area contributed by atoms with Crippen molar-refractivity contribution in [2.75, 3.05) is 0 Å². The van der Waals surface area contributed by atoms with E-state index in [1.807, 2.05) is 66.9 Å². The van der Waals surface area contributed by atoms with Gasteiger partial charge in [0.05, 0.1) is 5.69 Å². The summed E-state index contributed by atoms with van der Waals surface area (Å²) in [6, 6.07) is 20.0. The summed E-state index contributed by atoms with van der Waals surface area (Å²) < 4.78 is 9.03. The smallest absolute Gasteiger partial charge is 0.119 e. The molecule has 0 aliphatic rings. The average Bonchev–Trinajstić information content (AvgIpc) is 2.63. The molecule has 0 N–H and O–H groups in total. The number of rotatable bonds is 5. The first-order valence-electron chi connectivity index (χ1n) is 7.98. The van der Waals surface area contributed by atoms with Crippen LogP contribution >= 0.6 is 47.8 Å². The maximum absolute atomic E-state index is 5.86. The van der Waals surface area contributed by atoms with E-state index in [-0.39, 0.29) is 0 Å². The third-order valence-electron chi connectivity index (χ3n) is 3.79. The summed E-state index contributed by atoms with van der Waals surface area (Å²) in [6.45, 7) is 2.57. The molecule has 26 heavy (non-hydrogen) atoms. The third kappa shape index (κ3) is 5.29. The van der Waals surface area contributed by atoms with Crippen LogP contribution in [0.2, 0.25) is 0 Å². The molecule has 0 aliphatic heterocycles. The number of ether oxygens (including phenoxy) is 1. The zero-order valence-corrected chi connectivity index (χ0v) is 18.8. The van der Waals surface area contributed by atoms with Crippen LogP contribution in [0.1, 0.15) is 16.7 Å². The van der Waals surface area contributed by atoms with Crippen LogP contribution in [0.15, 0.2) is 79.1 Å². The Balaban J connectivity index is 1.62. The first kappa shape index (κ1) is 19.3. The van der Waals surface area contributed by atoms with Gasteiger partial charge < -0.3 is 4.74 Å². The summed E-state index contributed by atoms with van der Waals surface area (Å²) in [5.41, 5.74) is 4.24. The van der Waals surface area contributed by atoms with E-state index in [1.165, 1.54) is 5.56 Å². The second-order valence-electron chi connectivity index (χ2n) is 5.79. The van der Waals surface area contributed by atoms with Crippen LogP contribution in [0.4, 0.5) is 5.69 Å². The van der Waals surface area contributed by atoms with E-state index in [2.05, 4.69) is 59.7 Å². The van der Waals surface area contributed by atoms with E-state index in [0.717, 1.165) is 36.0 Å². The summed E-state index contributed by atoms with van der Waals surface area (Å²) in [4.78, 5) is 4.52. The lowest BCUT2D eigenvalue weighted by atomic mass is 10.2. The summed E-state index contributed by atoms with van der Waals surface area (Å²) in [6.07, 6.45) is 1.86. The maximum Gasteiger partial charge on any atom is 0.119 e. The van der Waals surface area contributed by atoms with Crippen LogP contribution in [0.25, 0.3) is 0 Å². The van der Waals surface area contributed by atoms with Gasteiger partial charge in [-0.15, -0.1) is 0 Å². The van der Waals surface area contributed by atoms with Crippen molar-refractivity contribution in [3.8, 4) is 5.75 Å². The van der Waals surface area contributed by atoms with Gasteiger partial charge in [0.15, 0.2) is 0 Å². The van der Waals surface area contributed by atoms with Gasteiger partial charge in [-0.05, 0) is 72.6 Å². The van der Waals surface area contributed by atoms with E-state index in [9.17, 15) is 0 Å². The quantitative estimate of drug-likeness (QED) is 0.307. The van der Waals surface area contributed by atoms with Gasteiger partial charge in [-0.25, -0.2) is 0 Å². The molecular formula is C21H16Br3NO. The van der Waals surface area contributed by atoms with Gasteiger partial charge in [0.1, 0.15) is 12.4 Å². The Morgan fingerprint density at radius 1 is 0.885 bits per heavy atom. The number of aliphatic imine (C=N–C) groups is 1. The van der Waals surface area contributed by atoms with Crippen LogP contribution in [0.5, 0.6) is 5.75 Å². The maximum atomic E-state index is 5.86. The highest BCUT2D eigenvalue weighted by molar-refractivity contribution is 9.11. The van der Waals surface area contributed by atoms with Crippen molar-refractivity contribution >= 4 is 59.7 Å². The van der Waals surface area contributed by atoms with Gasteiger partial charge in [-0.1, -0.05) is 53.9 Å². The molecule has 3 aromatic rings. The highest BCUT2D eigenvalue weighted by Crippen LogP contribution is 2.24. The van der Waals surface area contributed by atoms with Crippen LogP contribution in [0, 0.1) is 6.92 Å². The summed E-state index contributed by atoms with van der Waals surface area (Å²) in [7, 11) is 0. The Hall–Kier alpha value is -1.43. The Kier molecular flexibility index (Phi) is 6.68. The van der Waals surface area contributed by atoms with E-state index in [1.54, 1.807) is 0 Å². The molecule has 0 unspecified atom stereocenters. The number of nitrogens with zero attached hydrogens (tertiary/aromatic N) is 1. The first-order valence-corrected chi connectivity index (χ1v) is 10.4. The van der Waals surface area contributed by atoms with Crippen molar-refractivity contribution in [1.82, 2.24) is 0 Å². The van der Waals surface area contributed by atoms with Gasteiger partial charge in [0.25, 0.3) is 0 Å². The van der Waals surface area contributed by atoms with Gasteiger partial charge in [-0.3, -0.25) is 4.99 Å². The zero-order valence-electron chi connectivity index (χ0n) is 14.0. The van der Waals surface area contributed by atoms with Crippen LogP contribution < -0.4 is 4.74 Å². The predicted octanol–water partition coefficient (Wildman–Crippen LogP) is 7.61. The van der Waals surface area contributed by atoms with Crippen molar-refractivity contribution in [2.24, 2.45) is 4.99 Å². The molecule has 0 saturated heterocycles. The Bertz CT molecular complexity index is 936. The molecular weight excluding hydrogens is 522 g/mol. The number of hydrogen-bond acceptors (Lipinski definition) is 2. The van der Waals surface area contributed by atoms with Crippen molar-refractivity contribution in [3.63, 3.8) is 0 Å². The Morgan fingerprint density at radius 3 is 2.35 bits per heavy atom. The van der Waals surface area contributed by atoms with Crippen molar-refractivity contribution in [2.45, 2.75) is 13.5 Å². The summed E-state index contributed by atoms with van der Waals surface area (Å²) in [5, 5.41) is 0.